The molecule has 0 aliphatic heterocycles. The van der Waals surface area contributed by atoms with E-state index in [0.717, 1.165) is 27.3 Å². The van der Waals surface area contributed by atoms with E-state index in [1.165, 1.54) is 5.56 Å². The molecule has 0 atom stereocenters. The van der Waals surface area contributed by atoms with Crippen molar-refractivity contribution in [3.05, 3.63) is 115 Å². The van der Waals surface area contributed by atoms with Crippen LogP contribution >= 0.6 is 7.14 Å². The molecule has 3 nitrogen and oxygen atoms in total. The van der Waals surface area contributed by atoms with Gasteiger partial charge in [0.05, 0.1) is 11.4 Å². The Morgan fingerprint density at radius 3 is 1.69 bits per heavy atom. The van der Waals surface area contributed by atoms with Crippen LogP contribution in [0.15, 0.2) is 109 Å². The van der Waals surface area contributed by atoms with Crippen molar-refractivity contribution in [1.29, 1.82) is 0 Å². The van der Waals surface area contributed by atoms with Gasteiger partial charge in [0.15, 0.2) is 7.14 Å². The van der Waals surface area contributed by atoms with E-state index in [2.05, 4.69) is 29.9 Å². The maximum absolute atomic E-state index is 14.6. The topological polar surface area (TPSA) is 41.1 Å². The minimum absolute atomic E-state index is 0.775. The first kappa shape index (κ1) is 19.0. The molecule has 4 aromatic carbocycles. The van der Waals surface area contributed by atoms with Crippen molar-refractivity contribution < 1.29 is 4.57 Å². The summed E-state index contributed by atoms with van der Waals surface area (Å²) in [6, 6.07) is 35.3. The van der Waals surface area contributed by atoms with Gasteiger partial charge < -0.3 is 15.4 Å². The van der Waals surface area contributed by atoms with Gasteiger partial charge in [-0.1, -0.05) is 90.5 Å². The number of benzene rings is 4. The first-order valence-electron chi connectivity index (χ1n) is 9.57. The lowest BCUT2D eigenvalue weighted by atomic mass is 10.2. The van der Waals surface area contributed by atoms with Gasteiger partial charge in [0, 0.05) is 15.9 Å². The molecule has 4 rings (SSSR count). The first-order valence-corrected chi connectivity index (χ1v) is 11.3. The van der Waals surface area contributed by atoms with Crippen LogP contribution in [0.5, 0.6) is 0 Å². The van der Waals surface area contributed by atoms with Gasteiger partial charge in [-0.05, 0) is 31.2 Å². The monoisotopic (exact) mass is 398 g/mol. The van der Waals surface area contributed by atoms with Crippen molar-refractivity contribution in [2.45, 2.75) is 6.92 Å². The number of para-hydroxylation sites is 1. The largest absolute Gasteiger partial charge is 0.309 e. The zero-order chi connectivity index (χ0) is 20.1. The van der Waals surface area contributed by atoms with E-state index in [1.807, 2.05) is 97.1 Å². The Morgan fingerprint density at radius 1 is 0.586 bits per heavy atom. The summed E-state index contributed by atoms with van der Waals surface area (Å²) in [7, 11) is -3.05. The average molecular weight is 398 g/mol. The van der Waals surface area contributed by atoms with Crippen molar-refractivity contribution in [2.75, 3.05) is 10.9 Å². The number of aryl methyl sites for hydroxylation is 1. The SMILES string of the molecule is Cc1ccc(NNc2ccccc2P(=O)(c2ccccc2)c2ccccc2)cc1. The second kappa shape index (κ2) is 8.38. The van der Waals surface area contributed by atoms with E-state index >= 15 is 0 Å². The highest BCUT2D eigenvalue weighted by atomic mass is 31.2. The number of hydrogen-bond donors (Lipinski definition) is 2. The van der Waals surface area contributed by atoms with Crippen LogP contribution in [-0.2, 0) is 4.57 Å². The van der Waals surface area contributed by atoms with Crippen LogP contribution in [0.25, 0.3) is 0 Å². The Kier molecular flexibility index (Phi) is 5.50. The maximum Gasteiger partial charge on any atom is 0.173 e. The molecule has 0 amide bonds. The Labute approximate surface area is 171 Å². The third-order valence-electron chi connectivity index (χ3n) is 4.88. The lowest BCUT2D eigenvalue weighted by Crippen LogP contribution is -2.28. The van der Waals surface area contributed by atoms with Crippen LogP contribution in [0, 0.1) is 6.92 Å². The number of anilines is 2. The highest BCUT2D eigenvalue weighted by Crippen LogP contribution is 2.44. The molecule has 0 spiro atoms. The second-order valence-corrected chi connectivity index (χ2v) is 9.65. The molecule has 0 aliphatic rings. The lowest BCUT2D eigenvalue weighted by Gasteiger charge is -2.23. The average Bonchev–Trinajstić information content (AvgIpc) is 2.79. The number of rotatable bonds is 6. The number of hydrazine groups is 1. The Balaban J connectivity index is 1.78. The summed E-state index contributed by atoms with van der Waals surface area (Å²) < 4.78 is 14.6. The molecule has 0 aliphatic carbocycles. The summed E-state index contributed by atoms with van der Waals surface area (Å²) in [6.45, 7) is 2.06. The molecular weight excluding hydrogens is 375 g/mol. The quantitative estimate of drug-likeness (QED) is 0.352. The van der Waals surface area contributed by atoms with Crippen LogP contribution in [-0.4, -0.2) is 0 Å². The van der Waals surface area contributed by atoms with E-state index in [1.54, 1.807) is 0 Å². The molecule has 0 saturated heterocycles. The summed E-state index contributed by atoms with van der Waals surface area (Å²) in [5.41, 5.74) is 9.45. The Morgan fingerprint density at radius 2 is 1.10 bits per heavy atom. The van der Waals surface area contributed by atoms with Crippen molar-refractivity contribution in [3.8, 4) is 0 Å². The molecule has 0 heterocycles. The number of hydrogen-bond acceptors (Lipinski definition) is 3. The fraction of sp³-hybridized carbons (Fsp3) is 0.0400. The zero-order valence-electron chi connectivity index (χ0n) is 16.2. The molecule has 0 radical (unpaired) electrons. The highest BCUT2D eigenvalue weighted by Gasteiger charge is 2.31. The molecular formula is C25H23N2OP. The Hall–Kier alpha value is -3.29. The standard InChI is InChI=1S/C25H23N2OP/c1-20-16-18-21(19-17-20)26-27-24-14-8-9-15-25(24)29(28,22-10-4-2-5-11-22)23-12-6-3-7-13-23/h2-19,26-27H,1H3. The van der Waals surface area contributed by atoms with Crippen molar-refractivity contribution >= 4 is 34.4 Å². The molecule has 4 heteroatoms. The van der Waals surface area contributed by atoms with E-state index in [9.17, 15) is 4.57 Å². The molecule has 4 aromatic rings. The van der Waals surface area contributed by atoms with E-state index < -0.39 is 7.14 Å². The van der Waals surface area contributed by atoms with Gasteiger partial charge in [0.25, 0.3) is 0 Å². The van der Waals surface area contributed by atoms with Gasteiger partial charge in [-0.3, -0.25) is 0 Å². The minimum Gasteiger partial charge on any atom is -0.309 e. The first-order chi connectivity index (χ1) is 14.2. The molecule has 0 fully saturated rings. The molecule has 2 N–H and O–H groups in total. The van der Waals surface area contributed by atoms with Crippen LogP contribution in [0.3, 0.4) is 0 Å². The molecule has 29 heavy (non-hydrogen) atoms. The second-order valence-electron chi connectivity index (χ2n) is 6.91. The summed E-state index contributed by atoms with van der Waals surface area (Å²) in [5.74, 6) is 0. The van der Waals surface area contributed by atoms with Gasteiger partial charge in [-0.25, -0.2) is 0 Å². The molecule has 0 saturated carbocycles. The normalized spacial score (nSPS) is 11.1. The fourth-order valence-corrected chi connectivity index (χ4v) is 6.14. The predicted molar refractivity (Wildman–Crippen MR) is 124 cm³/mol. The van der Waals surface area contributed by atoms with E-state index in [4.69, 9.17) is 0 Å². The minimum atomic E-state index is -3.05. The predicted octanol–water partition coefficient (Wildman–Crippen LogP) is 5.07. The smallest absolute Gasteiger partial charge is 0.173 e. The lowest BCUT2D eigenvalue weighted by molar-refractivity contribution is 0.592. The zero-order valence-corrected chi connectivity index (χ0v) is 17.1. The molecule has 0 unspecified atom stereocenters. The maximum atomic E-state index is 14.6. The van der Waals surface area contributed by atoms with Crippen LogP contribution < -0.4 is 26.8 Å². The van der Waals surface area contributed by atoms with Crippen LogP contribution in [0.4, 0.5) is 11.4 Å². The molecule has 0 aromatic heterocycles. The van der Waals surface area contributed by atoms with E-state index in [0.29, 0.717) is 0 Å². The summed E-state index contributed by atoms with van der Waals surface area (Å²) >= 11 is 0. The summed E-state index contributed by atoms with van der Waals surface area (Å²) in [4.78, 5) is 0. The van der Waals surface area contributed by atoms with Gasteiger partial charge in [-0.2, -0.15) is 0 Å². The van der Waals surface area contributed by atoms with Gasteiger partial charge in [0.2, 0.25) is 0 Å². The van der Waals surface area contributed by atoms with Gasteiger partial charge >= 0.3 is 0 Å². The fourth-order valence-electron chi connectivity index (χ4n) is 3.33. The van der Waals surface area contributed by atoms with Gasteiger partial charge in [0.1, 0.15) is 0 Å². The molecule has 0 bridgehead atoms. The third kappa shape index (κ3) is 3.96. The van der Waals surface area contributed by atoms with Crippen molar-refractivity contribution in [2.24, 2.45) is 0 Å². The molecule has 144 valence electrons. The van der Waals surface area contributed by atoms with Crippen molar-refractivity contribution in [3.63, 3.8) is 0 Å². The summed E-state index contributed by atoms with van der Waals surface area (Å²) in [5, 5.41) is 2.41. The Bertz CT molecular complexity index is 1080. The third-order valence-corrected chi connectivity index (χ3v) is 8.00. The number of nitrogens with one attached hydrogen (secondary N) is 2. The van der Waals surface area contributed by atoms with Crippen LogP contribution in [0.2, 0.25) is 0 Å². The van der Waals surface area contributed by atoms with Crippen molar-refractivity contribution in [1.82, 2.24) is 0 Å². The van der Waals surface area contributed by atoms with Crippen LogP contribution in [0.1, 0.15) is 5.56 Å². The van der Waals surface area contributed by atoms with Gasteiger partial charge in [-0.15, -0.1) is 0 Å². The van der Waals surface area contributed by atoms with E-state index in [-0.39, 0.29) is 0 Å². The highest BCUT2D eigenvalue weighted by molar-refractivity contribution is 7.85. The summed E-state index contributed by atoms with van der Waals surface area (Å²) in [6.07, 6.45) is 0.